The lowest BCUT2D eigenvalue weighted by Gasteiger charge is -2.19. The SMILES string of the molecule is CS(=O)(=O)CCC(C(=O)ON1C(=O)c2ccccc2C1=O)c1ccccc1. The van der Waals surface area contributed by atoms with E-state index in [1.165, 1.54) is 12.1 Å². The molecule has 8 heteroatoms. The number of hydroxylamine groups is 2. The predicted octanol–water partition coefficient (Wildman–Crippen LogP) is 1.96. The number of nitrogens with zero attached hydrogens (tertiary/aromatic N) is 1. The lowest BCUT2D eigenvalue weighted by atomic mass is 9.97. The molecule has 0 saturated carbocycles. The van der Waals surface area contributed by atoms with Crippen LogP contribution in [-0.2, 0) is 19.5 Å². The Balaban J connectivity index is 1.83. The van der Waals surface area contributed by atoms with E-state index in [2.05, 4.69) is 0 Å². The molecule has 0 radical (unpaired) electrons. The van der Waals surface area contributed by atoms with Crippen LogP contribution in [0.1, 0.15) is 38.6 Å². The smallest absolute Gasteiger partial charge is 0.329 e. The molecule has 2 aromatic rings. The van der Waals surface area contributed by atoms with Crippen LogP contribution in [0.5, 0.6) is 0 Å². The molecule has 0 bridgehead atoms. The van der Waals surface area contributed by atoms with Crippen LogP contribution in [0.25, 0.3) is 0 Å². The first-order chi connectivity index (χ1) is 12.8. The quantitative estimate of drug-likeness (QED) is 0.703. The molecule has 3 rings (SSSR count). The highest BCUT2D eigenvalue weighted by atomic mass is 32.2. The number of rotatable bonds is 6. The van der Waals surface area contributed by atoms with Crippen molar-refractivity contribution in [3.63, 3.8) is 0 Å². The number of amides is 2. The van der Waals surface area contributed by atoms with Crippen LogP contribution in [0, 0.1) is 0 Å². The Morgan fingerprint density at radius 3 is 2.00 bits per heavy atom. The zero-order chi connectivity index (χ0) is 19.6. The van der Waals surface area contributed by atoms with Gasteiger partial charge in [0.25, 0.3) is 11.8 Å². The third-order valence-electron chi connectivity index (χ3n) is 4.20. The molecule has 140 valence electrons. The van der Waals surface area contributed by atoms with Gasteiger partial charge in [-0.1, -0.05) is 47.5 Å². The summed E-state index contributed by atoms with van der Waals surface area (Å²) in [7, 11) is -3.31. The van der Waals surface area contributed by atoms with Crippen molar-refractivity contribution >= 4 is 27.6 Å². The van der Waals surface area contributed by atoms with Crippen LogP contribution in [0.15, 0.2) is 54.6 Å². The minimum atomic E-state index is -3.31. The summed E-state index contributed by atoms with van der Waals surface area (Å²) in [5, 5.41) is 0.434. The van der Waals surface area contributed by atoms with Gasteiger partial charge >= 0.3 is 5.97 Å². The summed E-state index contributed by atoms with van der Waals surface area (Å²) < 4.78 is 23.0. The van der Waals surface area contributed by atoms with Crippen LogP contribution in [0.4, 0.5) is 0 Å². The molecular weight excluding hydrogens is 370 g/mol. The average molecular weight is 387 g/mol. The fourth-order valence-corrected chi connectivity index (χ4v) is 3.51. The minimum absolute atomic E-state index is 0.0230. The van der Waals surface area contributed by atoms with E-state index in [4.69, 9.17) is 4.84 Å². The van der Waals surface area contributed by atoms with Gasteiger partial charge in [-0.3, -0.25) is 9.59 Å². The Morgan fingerprint density at radius 2 is 1.48 bits per heavy atom. The molecule has 0 aliphatic carbocycles. The van der Waals surface area contributed by atoms with Gasteiger partial charge in [-0.2, -0.15) is 0 Å². The Hall–Kier alpha value is -3.00. The van der Waals surface area contributed by atoms with E-state index in [0.29, 0.717) is 10.6 Å². The van der Waals surface area contributed by atoms with E-state index in [-0.39, 0.29) is 23.3 Å². The normalized spacial score (nSPS) is 14.8. The zero-order valence-corrected chi connectivity index (χ0v) is 15.3. The van der Waals surface area contributed by atoms with E-state index in [1.807, 2.05) is 0 Å². The van der Waals surface area contributed by atoms with Crippen LogP contribution >= 0.6 is 0 Å². The van der Waals surface area contributed by atoms with Crippen molar-refractivity contribution in [3.05, 3.63) is 71.3 Å². The molecule has 27 heavy (non-hydrogen) atoms. The highest BCUT2D eigenvalue weighted by Crippen LogP contribution is 2.27. The third kappa shape index (κ3) is 4.06. The van der Waals surface area contributed by atoms with Crippen LogP contribution in [-0.4, -0.2) is 43.3 Å². The first-order valence-corrected chi connectivity index (χ1v) is 10.3. The zero-order valence-electron chi connectivity index (χ0n) is 14.5. The molecule has 7 nitrogen and oxygen atoms in total. The molecule has 0 fully saturated rings. The van der Waals surface area contributed by atoms with E-state index >= 15 is 0 Å². The molecule has 1 heterocycles. The van der Waals surface area contributed by atoms with E-state index < -0.39 is 33.5 Å². The molecule has 1 atom stereocenters. The first kappa shape index (κ1) is 18.8. The minimum Gasteiger partial charge on any atom is -0.329 e. The molecule has 0 spiro atoms. The average Bonchev–Trinajstić information content (AvgIpc) is 2.87. The second-order valence-corrected chi connectivity index (χ2v) is 8.50. The number of carbonyl (C=O) groups is 3. The van der Waals surface area contributed by atoms with Crippen LogP contribution in [0.3, 0.4) is 0 Å². The second-order valence-electron chi connectivity index (χ2n) is 6.24. The van der Waals surface area contributed by atoms with Gasteiger partial charge in [0.2, 0.25) is 0 Å². The van der Waals surface area contributed by atoms with Gasteiger partial charge in [0.1, 0.15) is 9.84 Å². The van der Waals surface area contributed by atoms with Crippen LogP contribution in [0.2, 0.25) is 0 Å². The van der Waals surface area contributed by atoms with Crippen molar-refractivity contribution in [3.8, 4) is 0 Å². The van der Waals surface area contributed by atoms with Gasteiger partial charge in [0.05, 0.1) is 22.8 Å². The summed E-state index contributed by atoms with van der Waals surface area (Å²) in [4.78, 5) is 42.5. The summed E-state index contributed by atoms with van der Waals surface area (Å²) in [5.41, 5.74) is 0.855. The van der Waals surface area contributed by atoms with Gasteiger partial charge in [-0.05, 0) is 24.1 Å². The molecule has 2 amide bonds. The number of hydrogen-bond donors (Lipinski definition) is 0. The fourth-order valence-electron chi connectivity index (χ4n) is 2.84. The molecule has 1 unspecified atom stereocenters. The molecule has 0 saturated heterocycles. The molecule has 0 aromatic heterocycles. The molecular formula is C19H17NO6S. The standard InChI is InChI=1S/C19H17NO6S/c1-27(24,25)12-11-14(13-7-3-2-4-8-13)19(23)26-20-17(21)15-9-5-6-10-16(15)18(20)22/h2-10,14H,11-12H2,1H3. The fraction of sp³-hybridized carbons (Fsp3) is 0.211. The largest absolute Gasteiger partial charge is 0.340 e. The van der Waals surface area contributed by atoms with Crippen molar-refractivity contribution in [1.29, 1.82) is 0 Å². The molecule has 0 N–H and O–H groups in total. The summed E-state index contributed by atoms with van der Waals surface area (Å²) in [6.07, 6.45) is 1.05. The lowest BCUT2D eigenvalue weighted by molar-refractivity contribution is -0.170. The van der Waals surface area contributed by atoms with Gasteiger partial charge in [0, 0.05) is 6.26 Å². The number of sulfone groups is 1. The van der Waals surface area contributed by atoms with Crippen molar-refractivity contribution in [1.82, 2.24) is 5.06 Å². The lowest BCUT2D eigenvalue weighted by Crippen LogP contribution is -2.35. The van der Waals surface area contributed by atoms with E-state index in [9.17, 15) is 22.8 Å². The second kappa shape index (κ2) is 7.32. The Bertz CT molecular complexity index is 965. The monoisotopic (exact) mass is 387 g/mol. The molecule has 1 aliphatic heterocycles. The number of fused-ring (bicyclic) bond motifs is 1. The first-order valence-electron chi connectivity index (χ1n) is 8.20. The summed E-state index contributed by atoms with van der Waals surface area (Å²) in [5.74, 6) is -3.47. The van der Waals surface area contributed by atoms with Crippen molar-refractivity contribution in [2.45, 2.75) is 12.3 Å². The van der Waals surface area contributed by atoms with Crippen molar-refractivity contribution in [2.24, 2.45) is 0 Å². The highest BCUT2D eigenvalue weighted by Gasteiger charge is 2.40. The topological polar surface area (TPSA) is 97.8 Å². The van der Waals surface area contributed by atoms with Crippen molar-refractivity contribution in [2.75, 3.05) is 12.0 Å². The van der Waals surface area contributed by atoms with Gasteiger partial charge in [-0.25, -0.2) is 13.2 Å². The van der Waals surface area contributed by atoms with Gasteiger partial charge in [0.15, 0.2) is 0 Å². The number of hydrogen-bond acceptors (Lipinski definition) is 6. The van der Waals surface area contributed by atoms with Crippen LogP contribution < -0.4 is 0 Å². The van der Waals surface area contributed by atoms with Gasteiger partial charge in [-0.15, -0.1) is 0 Å². The van der Waals surface area contributed by atoms with E-state index in [1.54, 1.807) is 42.5 Å². The highest BCUT2D eigenvalue weighted by molar-refractivity contribution is 7.90. The summed E-state index contributed by atoms with van der Waals surface area (Å²) in [6, 6.07) is 14.7. The summed E-state index contributed by atoms with van der Waals surface area (Å²) >= 11 is 0. The third-order valence-corrected chi connectivity index (χ3v) is 5.18. The van der Waals surface area contributed by atoms with Gasteiger partial charge < -0.3 is 4.84 Å². The maximum Gasteiger partial charge on any atom is 0.340 e. The Kier molecular flexibility index (Phi) is 5.09. The van der Waals surface area contributed by atoms with E-state index in [0.717, 1.165) is 6.26 Å². The predicted molar refractivity (Wildman–Crippen MR) is 96.5 cm³/mol. The Morgan fingerprint density at radius 1 is 0.963 bits per heavy atom. The maximum absolute atomic E-state index is 12.7. The molecule has 1 aliphatic rings. The maximum atomic E-state index is 12.7. The van der Waals surface area contributed by atoms with Crippen molar-refractivity contribution < 1.29 is 27.6 Å². The summed E-state index contributed by atoms with van der Waals surface area (Å²) in [6.45, 7) is 0. The Labute approximate surface area is 156 Å². The molecule has 2 aromatic carbocycles. The number of imide groups is 1. The number of benzene rings is 2. The number of carbonyl (C=O) groups excluding carboxylic acids is 3.